The van der Waals surface area contributed by atoms with Crippen LogP contribution in [0.5, 0.6) is 0 Å². The van der Waals surface area contributed by atoms with Gasteiger partial charge in [0.25, 0.3) is 0 Å². The van der Waals surface area contributed by atoms with Crippen LogP contribution in [0.4, 0.5) is 0 Å². The van der Waals surface area contributed by atoms with Gasteiger partial charge in [-0.2, -0.15) is 18.2 Å². The first kappa shape index (κ1) is 12.0. The van der Waals surface area contributed by atoms with E-state index in [4.69, 9.17) is 0 Å². The molecule has 0 bridgehead atoms. The number of halogens is 4. The third-order valence-electron chi connectivity index (χ3n) is 0.556. The molecule has 0 spiro atoms. The van der Waals surface area contributed by atoms with E-state index in [0.29, 0.717) is 0 Å². The third-order valence-corrected chi connectivity index (χ3v) is 0.556. The van der Waals surface area contributed by atoms with E-state index in [2.05, 4.69) is 52.1 Å². The summed E-state index contributed by atoms with van der Waals surface area (Å²) in [6, 6.07) is 10.0. The van der Waals surface area contributed by atoms with E-state index in [-0.39, 0.29) is 0 Å². The van der Waals surface area contributed by atoms with Crippen LogP contribution >= 0.6 is 52.1 Å². The minimum atomic E-state index is -1.85. The molecular weight excluding hydrogens is 473 g/mol. The summed E-state index contributed by atoms with van der Waals surface area (Å²) < 4.78 is 0. The van der Waals surface area contributed by atoms with Gasteiger partial charge in [-0.25, -0.2) is 12.1 Å². The summed E-state index contributed by atoms with van der Waals surface area (Å²) in [7, 11) is -1.85. The van der Waals surface area contributed by atoms with Gasteiger partial charge in [-0.15, -0.1) is 0 Å². The molecule has 0 radical (unpaired) electrons. The largest absolute Gasteiger partial charge is 0.214 e. The topological polar surface area (TPSA) is 0 Å². The quantitative estimate of drug-likeness (QED) is 0.373. The number of hydrogen-bond acceptors (Lipinski definition) is 0. The molecule has 0 aliphatic heterocycles. The molecule has 5 heteroatoms. The minimum absolute atomic E-state index is 1.85. The van der Waals surface area contributed by atoms with E-state index in [1.807, 2.05) is 30.3 Å². The van der Waals surface area contributed by atoms with Crippen LogP contribution in [-0.4, -0.2) is 0 Å². The fourth-order valence-electron chi connectivity index (χ4n) is 0.321. The van der Waals surface area contributed by atoms with Gasteiger partial charge in [-0.05, 0) is 0 Å². The molecule has 1 aromatic carbocycles. The predicted octanol–water partition coefficient (Wildman–Crippen LogP) is 4.79. The Kier molecular flexibility index (Phi) is 7.83. The average Bonchev–Trinajstić information content (AvgIpc) is 2.07. The Morgan fingerprint density at radius 1 is 0.900 bits per heavy atom. The Hall–Kier alpha value is 2.01. The molecule has 0 aliphatic carbocycles. The van der Waals surface area contributed by atoms with Crippen LogP contribution < -0.4 is 0 Å². The second kappa shape index (κ2) is 6.52. The summed E-state index contributed by atoms with van der Waals surface area (Å²) in [4.78, 5) is 0. The van der Waals surface area contributed by atoms with Crippen LogP contribution in [0.2, 0.25) is 0 Å². The smallest absolute Gasteiger partial charge is 0.172 e. The molecule has 0 aliphatic rings. The van der Waals surface area contributed by atoms with Crippen molar-refractivity contribution in [1.29, 1.82) is 0 Å². The van der Waals surface area contributed by atoms with Crippen molar-refractivity contribution in [3.63, 3.8) is 0 Å². The van der Waals surface area contributed by atoms with Crippen molar-refractivity contribution in [3.05, 3.63) is 30.3 Å². The summed E-state index contributed by atoms with van der Waals surface area (Å²) in [5.41, 5.74) is 0. The molecule has 0 aromatic heterocycles. The SMILES string of the molecule is [Br][Nb]([Br])([Br])[Br].c1cc[cH-]c1. The van der Waals surface area contributed by atoms with Gasteiger partial charge in [0.1, 0.15) is 0 Å². The van der Waals surface area contributed by atoms with Gasteiger partial charge in [0.05, 0.1) is 0 Å². The molecule has 1 rings (SSSR count). The minimum Gasteiger partial charge on any atom is -0.214 e. The zero-order valence-electron chi connectivity index (χ0n) is 4.85. The normalized spacial score (nSPS) is 10.0. The average molecular weight is 478 g/mol. The Morgan fingerprint density at radius 2 is 1.20 bits per heavy atom. The maximum absolute atomic E-state index is 3.32. The molecule has 0 amide bonds. The first-order chi connectivity index (χ1) is 4.50. The Morgan fingerprint density at radius 3 is 1.30 bits per heavy atom. The number of hydrogen-bond donors (Lipinski definition) is 0. The molecule has 10 heavy (non-hydrogen) atoms. The van der Waals surface area contributed by atoms with Gasteiger partial charge in [-0.1, -0.05) is 0 Å². The molecule has 0 saturated heterocycles. The molecule has 0 unspecified atom stereocenters. The molecule has 0 fully saturated rings. The van der Waals surface area contributed by atoms with Crippen LogP contribution in [-0.2, 0) is 8.59 Å². The van der Waals surface area contributed by atoms with Crippen LogP contribution in [0.15, 0.2) is 30.3 Å². The van der Waals surface area contributed by atoms with Crippen LogP contribution in [0, 0.1) is 0 Å². The molecule has 0 atom stereocenters. The fraction of sp³-hybridized carbons (Fsp3) is 0. The van der Waals surface area contributed by atoms with Crippen LogP contribution in [0.1, 0.15) is 0 Å². The second-order valence-corrected chi connectivity index (χ2v) is 62.2. The van der Waals surface area contributed by atoms with E-state index >= 15 is 0 Å². The molecule has 0 heterocycles. The second-order valence-electron chi connectivity index (χ2n) is 1.35. The van der Waals surface area contributed by atoms with Crippen molar-refractivity contribution in [2.45, 2.75) is 0 Å². The van der Waals surface area contributed by atoms with Crippen molar-refractivity contribution < 1.29 is 8.59 Å². The molecule has 0 N–H and O–H groups in total. The van der Waals surface area contributed by atoms with E-state index < -0.39 is 8.59 Å². The van der Waals surface area contributed by atoms with E-state index in [0.717, 1.165) is 0 Å². The third kappa shape index (κ3) is 16.5. The summed E-state index contributed by atoms with van der Waals surface area (Å²) in [5, 5.41) is 0. The van der Waals surface area contributed by atoms with Crippen molar-refractivity contribution in [2.75, 3.05) is 0 Å². The first-order valence-corrected chi connectivity index (χ1v) is 22.5. The molecule has 0 saturated carbocycles. The summed E-state index contributed by atoms with van der Waals surface area (Å²) >= 11 is 13.3. The molecule has 0 nitrogen and oxygen atoms in total. The summed E-state index contributed by atoms with van der Waals surface area (Å²) in [6.07, 6.45) is 0. The molecule has 59 valence electrons. The monoisotopic (exact) mass is 474 g/mol. The maximum Gasteiger partial charge on any atom is -0.172 e. The molecule has 1 aromatic rings. The Balaban J connectivity index is 0.000000162. The number of rotatable bonds is 0. The van der Waals surface area contributed by atoms with Crippen LogP contribution in [0.3, 0.4) is 0 Å². The van der Waals surface area contributed by atoms with Gasteiger partial charge >= 0.3 is 60.7 Å². The van der Waals surface area contributed by atoms with Crippen molar-refractivity contribution in [2.24, 2.45) is 0 Å². The van der Waals surface area contributed by atoms with Gasteiger partial charge in [0.15, 0.2) is 0 Å². The standard InChI is InChI=1S/C5H5.4BrH.Nb/c1-2-4-5-3-1;;;;;/h1-5H;4*1H;/q-1;;;;;+4/p-4. The van der Waals surface area contributed by atoms with Gasteiger partial charge in [-0.3, -0.25) is 0 Å². The Bertz CT molecular complexity index is 120. The summed E-state index contributed by atoms with van der Waals surface area (Å²) in [6.45, 7) is 0. The van der Waals surface area contributed by atoms with Crippen molar-refractivity contribution in [3.8, 4) is 0 Å². The van der Waals surface area contributed by atoms with Crippen molar-refractivity contribution >= 4 is 52.1 Å². The van der Waals surface area contributed by atoms with E-state index in [9.17, 15) is 0 Å². The predicted molar refractivity (Wildman–Crippen MR) is 57.7 cm³/mol. The van der Waals surface area contributed by atoms with Gasteiger partial charge < -0.3 is 0 Å². The zero-order valence-corrected chi connectivity index (χ0v) is 13.4. The zero-order chi connectivity index (χ0) is 8.04. The van der Waals surface area contributed by atoms with E-state index in [1.165, 1.54) is 0 Å². The first-order valence-electron chi connectivity index (χ1n) is 2.34. The van der Waals surface area contributed by atoms with Crippen LogP contribution in [0.25, 0.3) is 0 Å². The Labute approximate surface area is 89.5 Å². The van der Waals surface area contributed by atoms with Gasteiger partial charge in [0, 0.05) is 0 Å². The maximum atomic E-state index is 3.32. The fourth-order valence-corrected chi connectivity index (χ4v) is 0.321. The summed E-state index contributed by atoms with van der Waals surface area (Å²) in [5.74, 6) is 0. The van der Waals surface area contributed by atoms with Crippen molar-refractivity contribution in [1.82, 2.24) is 0 Å². The molecular formula is C5H5Br4Nb-. The van der Waals surface area contributed by atoms with E-state index in [1.54, 1.807) is 0 Å². The van der Waals surface area contributed by atoms with Gasteiger partial charge in [0.2, 0.25) is 0 Å².